The number of nitrogens with one attached hydrogen (secondary N) is 1. The van der Waals surface area contributed by atoms with Crippen molar-refractivity contribution in [3.8, 4) is 5.75 Å². The molecule has 0 radical (unpaired) electrons. The van der Waals surface area contributed by atoms with E-state index in [4.69, 9.17) is 5.11 Å². The summed E-state index contributed by atoms with van der Waals surface area (Å²) in [6.07, 6.45) is 1.39. The Labute approximate surface area is 114 Å². The van der Waals surface area contributed by atoms with Gasteiger partial charge in [-0.1, -0.05) is 6.07 Å². The molecule has 0 saturated carbocycles. The van der Waals surface area contributed by atoms with Crippen LogP contribution in [0.4, 0.5) is 5.82 Å². The Kier molecular flexibility index (Phi) is 3.65. The van der Waals surface area contributed by atoms with Crippen LogP contribution in [0.3, 0.4) is 0 Å². The molecule has 2 rings (SSSR count). The highest BCUT2D eigenvalue weighted by molar-refractivity contribution is 6.07. The summed E-state index contributed by atoms with van der Waals surface area (Å²) < 4.78 is 0. The summed E-state index contributed by atoms with van der Waals surface area (Å²) in [6.45, 7) is 1.60. The van der Waals surface area contributed by atoms with Crippen LogP contribution < -0.4 is 5.32 Å². The van der Waals surface area contributed by atoms with E-state index in [-0.39, 0.29) is 22.7 Å². The number of phenols is 1. The third-order valence-corrected chi connectivity index (χ3v) is 2.82. The first-order chi connectivity index (χ1) is 9.50. The first-order valence-corrected chi connectivity index (χ1v) is 5.79. The van der Waals surface area contributed by atoms with Crippen LogP contribution in [-0.2, 0) is 0 Å². The second kappa shape index (κ2) is 5.40. The van der Waals surface area contributed by atoms with Crippen LogP contribution in [0.25, 0.3) is 0 Å². The molecule has 0 fully saturated rings. The highest BCUT2D eigenvalue weighted by Gasteiger charge is 2.16. The van der Waals surface area contributed by atoms with Crippen molar-refractivity contribution in [3.05, 3.63) is 53.2 Å². The molecule has 1 aromatic carbocycles. The number of benzene rings is 1. The number of rotatable bonds is 3. The standard InChI is InChI=1S/C14H12N2O4/c1-8-9(4-2-6-11(8)17)13(18)16-12-10(14(19)20)5-3-7-15-12/h2-7,17H,1H3,(H,19,20)(H,15,16,18). The lowest BCUT2D eigenvalue weighted by Gasteiger charge is -2.09. The summed E-state index contributed by atoms with van der Waals surface area (Å²) >= 11 is 0. The lowest BCUT2D eigenvalue weighted by Crippen LogP contribution is -2.17. The molecule has 0 unspecified atom stereocenters. The molecule has 1 aromatic heterocycles. The SMILES string of the molecule is Cc1c(O)cccc1C(=O)Nc1ncccc1C(=O)O. The first kappa shape index (κ1) is 13.5. The van der Waals surface area contributed by atoms with E-state index in [1.807, 2.05) is 0 Å². The minimum absolute atomic E-state index is 0.00266. The van der Waals surface area contributed by atoms with Crippen molar-refractivity contribution in [2.75, 3.05) is 5.32 Å². The average molecular weight is 272 g/mol. The number of carboxylic acids is 1. The molecule has 2 aromatic rings. The van der Waals surface area contributed by atoms with Crippen molar-refractivity contribution in [2.45, 2.75) is 6.92 Å². The molecule has 0 atom stereocenters. The van der Waals surface area contributed by atoms with Gasteiger partial charge in [0.1, 0.15) is 17.1 Å². The fourth-order valence-corrected chi connectivity index (χ4v) is 1.72. The maximum absolute atomic E-state index is 12.1. The minimum atomic E-state index is -1.18. The number of hydrogen-bond acceptors (Lipinski definition) is 4. The van der Waals surface area contributed by atoms with Gasteiger partial charge in [-0.2, -0.15) is 0 Å². The van der Waals surface area contributed by atoms with Gasteiger partial charge >= 0.3 is 5.97 Å². The van der Waals surface area contributed by atoms with E-state index >= 15 is 0 Å². The van der Waals surface area contributed by atoms with Gasteiger partial charge in [0.05, 0.1) is 0 Å². The number of aromatic nitrogens is 1. The number of aromatic hydroxyl groups is 1. The maximum Gasteiger partial charge on any atom is 0.339 e. The van der Waals surface area contributed by atoms with Gasteiger partial charge in [0.25, 0.3) is 5.91 Å². The van der Waals surface area contributed by atoms with E-state index < -0.39 is 11.9 Å². The fraction of sp³-hybridized carbons (Fsp3) is 0.0714. The van der Waals surface area contributed by atoms with Crippen LogP contribution in [0, 0.1) is 6.92 Å². The Balaban J connectivity index is 2.33. The molecule has 0 aliphatic carbocycles. The molecular weight excluding hydrogens is 260 g/mol. The second-order valence-electron chi connectivity index (χ2n) is 4.11. The van der Waals surface area contributed by atoms with Crippen molar-refractivity contribution < 1.29 is 19.8 Å². The Morgan fingerprint density at radius 3 is 2.55 bits per heavy atom. The van der Waals surface area contributed by atoms with Crippen LogP contribution in [0.15, 0.2) is 36.5 Å². The average Bonchev–Trinajstić information content (AvgIpc) is 2.42. The molecule has 6 heteroatoms. The largest absolute Gasteiger partial charge is 0.508 e. The Bertz CT molecular complexity index is 683. The van der Waals surface area contributed by atoms with E-state index in [9.17, 15) is 14.7 Å². The van der Waals surface area contributed by atoms with Crippen LogP contribution in [0.5, 0.6) is 5.75 Å². The summed E-state index contributed by atoms with van der Waals surface area (Å²) in [5.74, 6) is -1.74. The molecule has 1 amide bonds. The van der Waals surface area contributed by atoms with Crippen molar-refractivity contribution in [2.24, 2.45) is 0 Å². The molecule has 0 spiro atoms. The van der Waals surface area contributed by atoms with E-state index in [0.717, 1.165) is 0 Å². The number of nitrogens with zero attached hydrogens (tertiary/aromatic N) is 1. The molecule has 102 valence electrons. The van der Waals surface area contributed by atoms with Gasteiger partial charge in [0.15, 0.2) is 0 Å². The molecule has 6 nitrogen and oxygen atoms in total. The minimum Gasteiger partial charge on any atom is -0.508 e. The number of hydrogen-bond donors (Lipinski definition) is 3. The Morgan fingerprint density at radius 2 is 1.85 bits per heavy atom. The molecule has 20 heavy (non-hydrogen) atoms. The van der Waals surface area contributed by atoms with Gasteiger partial charge in [-0.3, -0.25) is 4.79 Å². The number of phenolic OH excluding ortho intramolecular Hbond substituents is 1. The molecule has 0 bridgehead atoms. The number of carbonyl (C=O) groups excluding carboxylic acids is 1. The van der Waals surface area contributed by atoms with Gasteiger partial charge in [-0.25, -0.2) is 9.78 Å². The molecule has 0 aliphatic rings. The summed E-state index contributed by atoms with van der Waals surface area (Å²) in [4.78, 5) is 27.0. The number of pyridine rings is 1. The first-order valence-electron chi connectivity index (χ1n) is 5.79. The molecule has 0 saturated heterocycles. The maximum atomic E-state index is 12.1. The van der Waals surface area contributed by atoms with Gasteiger partial charge in [-0.15, -0.1) is 0 Å². The fourth-order valence-electron chi connectivity index (χ4n) is 1.72. The predicted octanol–water partition coefficient (Wildman–Crippen LogP) is 2.05. The zero-order valence-electron chi connectivity index (χ0n) is 10.6. The Hall–Kier alpha value is -2.89. The lowest BCUT2D eigenvalue weighted by molar-refractivity contribution is 0.0697. The topological polar surface area (TPSA) is 99.5 Å². The monoisotopic (exact) mass is 272 g/mol. The van der Waals surface area contributed by atoms with Crippen molar-refractivity contribution in [3.63, 3.8) is 0 Å². The van der Waals surface area contributed by atoms with Gasteiger partial charge in [-0.05, 0) is 31.2 Å². The molecule has 3 N–H and O–H groups in total. The smallest absolute Gasteiger partial charge is 0.339 e. The summed E-state index contributed by atoms with van der Waals surface area (Å²) in [5.41, 5.74) is 0.573. The predicted molar refractivity (Wildman–Crippen MR) is 72.0 cm³/mol. The summed E-state index contributed by atoms with van der Waals surface area (Å²) in [7, 11) is 0. The highest BCUT2D eigenvalue weighted by atomic mass is 16.4. The quantitative estimate of drug-likeness (QED) is 0.794. The van der Waals surface area contributed by atoms with Crippen LogP contribution >= 0.6 is 0 Å². The summed E-state index contributed by atoms with van der Waals surface area (Å²) in [5, 5.41) is 21.0. The van der Waals surface area contributed by atoms with E-state index in [0.29, 0.717) is 5.56 Å². The molecule has 0 aliphatic heterocycles. The zero-order chi connectivity index (χ0) is 14.7. The number of amides is 1. The van der Waals surface area contributed by atoms with Crippen LogP contribution in [0.1, 0.15) is 26.3 Å². The van der Waals surface area contributed by atoms with Crippen molar-refractivity contribution in [1.82, 2.24) is 4.98 Å². The zero-order valence-corrected chi connectivity index (χ0v) is 10.6. The number of anilines is 1. The third-order valence-electron chi connectivity index (χ3n) is 2.82. The van der Waals surface area contributed by atoms with Crippen molar-refractivity contribution in [1.29, 1.82) is 0 Å². The van der Waals surface area contributed by atoms with Crippen molar-refractivity contribution >= 4 is 17.7 Å². The summed E-state index contributed by atoms with van der Waals surface area (Å²) in [6, 6.07) is 7.36. The third kappa shape index (κ3) is 2.59. The Morgan fingerprint density at radius 1 is 1.15 bits per heavy atom. The second-order valence-corrected chi connectivity index (χ2v) is 4.11. The van der Waals surface area contributed by atoms with E-state index in [2.05, 4.69) is 10.3 Å². The van der Waals surface area contributed by atoms with E-state index in [1.165, 1.54) is 36.5 Å². The lowest BCUT2D eigenvalue weighted by atomic mass is 10.1. The van der Waals surface area contributed by atoms with Crippen LogP contribution in [0.2, 0.25) is 0 Å². The van der Waals surface area contributed by atoms with Gasteiger partial charge in [0.2, 0.25) is 0 Å². The van der Waals surface area contributed by atoms with Crippen LogP contribution in [-0.4, -0.2) is 27.1 Å². The van der Waals surface area contributed by atoms with E-state index in [1.54, 1.807) is 6.92 Å². The number of carbonyl (C=O) groups is 2. The van der Waals surface area contributed by atoms with Gasteiger partial charge in [0, 0.05) is 17.3 Å². The highest BCUT2D eigenvalue weighted by Crippen LogP contribution is 2.21. The normalized spacial score (nSPS) is 10.1. The molecule has 1 heterocycles. The number of carboxylic acid groups (broad SMARTS) is 1. The number of aromatic carboxylic acids is 1. The van der Waals surface area contributed by atoms with Gasteiger partial charge < -0.3 is 15.5 Å². The molecular formula is C14H12N2O4.